The maximum Gasteiger partial charge on any atom is 0.338 e. The normalized spacial score (nSPS) is 13.9. The van der Waals surface area contributed by atoms with Gasteiger partial charge in [0, 0.05) is 57.1 Å². The summed E-state index contributed by atoms with van der Waals surface area (Å²) >= 11 is 0. The van der Waals surface area contributed by atoms with Crippen LogP contribution in [0, 0.1) is 0 Å². The number of aromatic nitrogens is 1. The molecule has 2 amide bonds. The molecule has 0 atom stereocenters. The predicted octanol–water partition coefficient (Wildman–Crippen LogP) is 1.34. The van der Waals surface area contributed by atoms with Gasteiger partial charge in [-0.2, -0.15) is 0 Å². The molecule has 1 aliphatic rings. The van der Waals surface area contributed by atoms with E-state index in [2.05, 4.69) is 10.2 Å². The van der Waals surface area contributed by atoms with Gasteiger partial charge in [-0.3, -0.25) is 19.3 Å². The quantitative estimate of drug-likeness (QED) is 0.580. The van der Waals surface area contributed by atoms with Crippen LogP contribution in [-0.2, 0) is 27.4 Å². The van der Waals surface area contributed by atoms with Crippen LogP contribution in [0.3, 0.4) is 0 Å². The smallest absolute Gasteiger partial charge is 0.338 e. The lowest BCUT2D eigenvalue weighted by Crippen LogP contribution is -2.47. The Morgan fingerprint density at radius 3 is 2.32 bits per heavy atom. The molecule has 0 aliphatic carbocycles. The van der Waals surface area contributed by atoms with Gasteiger partial charge in [-0.05, 0) is 31.2 Å². The van der Waals surface area contributed by atoms with Crippen molar-refractivity contribution in [2.75, 3.05) is 45.2 Å². The van der Waals surface area contributed by atoms with Gasteiger partial charge in [0.25, 0.3) is 0 Å². The van der Waals surface area contributed by atoms with Crippen molar-refractivity contribution in [3.8, 4) is 5.75 Å². The van der Waals surface area contributed by atoms with Crippen LogP contribution >= 0.6 is 0 Å². The minimum Gasteiger partial charge on any atom is -0.491 e. The van der Waals surface area contributed by atoms with Crippen LogP contribution in [0.5, 0.6) is 5.75 Å². The van der Waals surface area contributed by atoms with Gasteiger partial charge in [0.2, 0.25) is 17.2 Å². The summed E-state index contributed by atoms with van der Waals surface area (Å²) < 4.78 is 11.8. The molecular weight excluding hydrogens is 440 g/mol. The fourth-order valence-electron chi connectivity index (χ4n) is 3.74. The molecule has 1 aromatic heterocycles. The summed E-state index contributed by atoms with van der Waals surface area (Å²) in [5, 5.41) is 2.80. The Morgan fingerprint density at radius 2 is 1.74 bits per heavy atom. The summed E-state index contributed by atoms with van der Waals surface area (Å²) in [7, 11) is 1.41. The van der Waals surface area contributed by atoms with E-state index in [9.17, 15) is 19.2 Å². The average Bonchev–Trinajstić information content (AvgIpc) is 2.81. The third-order valence-electron chi connectivity index (χ3n) is 5.60. The predicted molar refractivity (Wildman–Crippen MR) is 126 cm³/mol. The first-order chi connectivity index (χ1) is 16.3. The molecule has 3 rings (SSSR count). The van der Waals surface area contributed by atoms with Crippen molar-refractivity contribution in [1.29, 1.82) is 0 Å². The number of nitrogens with zero attached hydrogens (tertiary/aromatic N) is 3. The Labute approximate surface area is 198 Å². The number of amides is 2. The highest BCUT2D eigenvalue weighted by Gasteiger charge is 2.20. The fraction of sp³-hybridized carbons (Fsp3) is 0.417. The fourth-order valence-corrected chi connectivity index (χ4v) is 3.74. The summed E-state index contributed by atoms with van der Waals surface area (Å²) in [6.45, 7) is 6.62. The van der Waals surface area contributed by atoms with Gasteiger partial charge in [-0.25, -0.2) is 4.79 Å². The molecule has 10 nitrogen and oxygen atoms in total. The number of ether oxygens (including phenoxy) is 2. The number of methoxy groups -OCH3 is 1. The number of rotatable bonds is 8. The molecule has 0 bridgehead atoms. The molecule has 0 unspecified atom stereocenters. The molecule has 34 heavy (non-hydrogen) atoms. The maximum atomic E-state index is 12.7. The average molecular weight is 471 g/mol. The highest BCUT2D eigenvalue weighted by molar-refractivity contribution is 5.93. The monoisotopic (exact) mass is 470 g/mol. The topological polar surface area (TPSA) is 110 Å². The second-order valence-electron chi connectivity index (χ2n) is 7.95. The Balaban J connectivity index is 1.70. The van der Waals surface area contributed by atoms with E-state index in [-0.39, 0.29) is 36.1 Å². The third-order valence-corrected chi connectivity index (χ3v) is 5.60. The molecule has 1 aliphatic heterocycles. The van der Waals surface area contributed by atoms with E-state index in [0.717, 1.165) is 0 Å². The molecule has 2 heterocycles. The van der Waals surface area contributed by atoms with E-state index in [0.29, 0.717) is 49.7 Å². The summed E-state index contributed by atoms with van der Waals surface area (Å²) in [4.78, 5) is 52.4. The molecule has 0 spiro atoms. The second kappa shape index (κ2) is 11.5. The number of piperazine rings is 1. The second-order valence-corrected chi connectivity index (χ2v) is 7.95. The summed E-state index contributed by atoms with van der Waals surface area (Å²) in [5.74, 6) is -0.517. The third kappa shape index (κ3) is 6.44. The SMILES string of the molecule is CCOC(=O)c1ccc(NC(=O)Cn2cc(OC)c(=O)cc2CN2CCN(C(C)=O)CC2)cc1. The lowest BCUT2D eigenvalue weighted by Gasteiger charge is -2.34. The molecule has 1 N–H and O–H groups in total. The number of carbonyl (C=O) groups is 3. The maximum absolute atomic E-state index is 12.7. The molecule has 0 saturated carbocycles. The van der Waals surface area contributed by atoms with E-state index in [1.807, 2.05) is 0 Å². The number of nitrogens with one attached hydrogen (secondary N) is 1. The van der Waals surface area contributed by atoms with Gasteiger partial charge in [-0.1, -0.05) is 0 Å². The van der Waals surface area contributed by atoms with Gasteiger partial charge >= 0.3 is 5.97 Å². The van der Waals surface area contributed by atoms with Crippen LogP contribution in [0.2, 0.25) is 0 Å². The molecule has 1 saturated heterocycles. The summed E-state index contributed by atoms with van der Waals surface area (Å²) in [5.41, 5.74) is 1.35. The standard InChI is InChI=1S/C24H30N4O6/c1-4-34-24(32)18-5-7-19(8-6-18)25-23(31)16-28-15-22(33-3)21(30)13-20(28)14-26-9-11-27(12-10-26)17(2)29/h5-8,13,15H,4,9-12,14,16H2,1-3H3,(H,25,31). The number of hydrogen-bond acceptors (Lipinski definition) is 7. The Morgan fingerprint density at radius 1 is 1.06 bits per heavy atom. The van der Waals surface area contributed by atoms with Gasteiger partial charge in [0.05, 0.1) is 25.5 Å². The first kappa shape index (κ1) is 25.0. The highest BCUT2D eigenvalue weighted by Crippen LogP contribution is 2.14. The lowest BCUT2D eigenvalue weighted by molar-refractivity contribution is -0.130. The molecule has 0 radical (unpaired) electrons. The zero-order chi connectivity index (χ0) is 24.7. The Kier molecular flexibility index (Phi) is 8.42. The van der Waals surface area contributed by atoms with Crippen LogP contribution in [-0.4, -0.2) is 72.0 Å². The number of carbonyl (C=O) groups excluding carboxylic acids is 3. The number of esters is 1. The van der Waals surface area contributed by atoms with Crippen LogP contribution < -0.4 is 15.5 Å². The zero-order valence-electron chi connectivity index (χ0n) is 19.7. The van der Waals surface area contributed by atoms with Crippen LogP contribution in [0.1, 0.15) is 29.9 Å². The van der Waals surface area contributed by atoms with E-state index >= 15 is 0 Å². The largest absolute Gasteiger partial charge is 0.491 e. The molecule has 1 aromatic carbocycles. The van der Waals surface area contributed by atoms with Crippen LogP contribution in [0.4, 0.5) is 5.69 Å². The molecule has 1 fully saturated rings. The van der Waals surface area contributed by atoms with E-state index in [1.165, 1.54) is 19.4 Å². The molecule has 182 valence electrons. The van der Waals surface area contributed by atoms with Gasteiger partial charge in [-0.15, -0.1) is 0 Å². The number of pyridine rings is 1. The van der Waals surface area contributed by atoms with Crippen LogP contribution in [0.25, 0.3) is 0 Å². The first-order valence-electron chi connectivity index (χ1n) is 11.1. The molecule has 2 aromatic rings. The van der Waals surface area contributed by atoms with E-state index < -0.39 is 5.97 Å². The summed E-state index contributed by atoms with van der Waals surface area (Å²) in [6.07, 6.45) is 1.53. The van der Waals surface area contributed by atoms with Gasteiger partial charge in [0.1, 0.15) is 6.54 Å². The minimum atomic E-state index is -0.422. The number of anilines is 1. The number of hydrogen-bond donors (Lipinski definition) is 1. The van der Waals surface area contributed by atoms with E-state index in [4.69, 9.17) is 9.47 Å². The Hall–Kier alpha value is -3.66. The number of benzene rings is 1. The van der Waals surface area contributed by atoms with Crippen LogP contribution in [0.15, 0.2) is 41.3 Å². The van der Waals surface area contributed by atoms with Crippen molar-refractivity contribution in [3.05, 3.63) is 58.0 Å². The van der Waals surface area contributed by atoms with Gasteiger partial charge < -0.3 is 24.3 Å². The van der Waals surface area contributed by atoms with Crippen molar-refractivity contribution >= 4 is 23.5 Å². The molecular formula is C24H30N4O6. The highest BCUT2D eigenvalue weighted by atomic mass is 16.5. The molecule has 10 heteroatoms. The minimum absolute atomic E-state index is 0.0288. The summed E-state index contributed by atoms with van der Waals surface area (Å²) in [6, 6.07) is 7.92. The van der Waals surface area contributed by atoms with Crippen molar-refractivity contribution in [1.82, 2.24) is 14.4 Å². The lowest BCUT2D eigenvalue weighted by atomic mass is 10.2. The van der Waals surface area contributed by atoms with E-state index in [1.54, 1.807) is 47.6 Å². The zero-order valence-corrected chi connectivity index (χ0v) is 19.7. The Bertz CT molecular complexity index is 1090. The first-order valence-corrected chi connectivity index (χ1v) is 11.1. The van der Waals surface area contributed by atoms with Crippen molar-refractivity contribution < 1.29 is 23.9 Å². The van der Waals surface area contributed by atoms with Crippen molar-refractivity contribution in [2.24, 2.45) is 0 Å². The van der Waals surface area contributed by atoms with Gasteiger partial charge in [0.15, 0.2) is 5.75 Å². The van der Waals surface area contributed by atoms with Crippen molar-refractivity contribution in [3.63, 3.8) is 0 Å². The van der Waals surface area contributed by atoms with Crippen molar-refractivity contribution in [2.45, 2.75) is 26.9 Å².